The lowest BCUT2D eigenvalue weighted by Crippen LogP contribution is -2.57. The first kappa shape index (κ1) is 15.0. The van der Waals surface area contributed by atoms with Gasteiger partial charge in [-0.05, 0) is 7.05 Å². The van der Waals surface area contributed by atoms with Crippen molar-refractivity contribution < 1.29 is 9.59 Å². The Morgan fingerprint density at radius 1 is 1.35 bits per heavy atom. The fraction of sp³-hybridized carbons (Fsp3) is 0.714. The average Bonchev–Trinajstić information content (AvgIpc) is 2.44. The largest absolute Gasteiger partial charge is 0.340 e. The number of nitrogens with zero attached hydrogens (tertiary/aromatic N) is 3. The highest BCUT2D eigenvalue weighted by Crippen LogP contribution is 2.09. The van der Waals surface area contributed by atoms with E-state index >= 15 is 0 Å². The maximum absolute atomic E-state index is 12.3. The van der Waals surface area contributed by atoms with Crippen LogP contribution < -0.4 is 5.32 Å². The van der Waals surface area contributed by atoms with Crippen molar-refractivity contribution in [2.24, 2.45) is 0 Å². The van der Waals surface area contributed by atoms with Crippen LogP contribution in [0.25, 0.3) is 0 Å². The van der Waals surface area contributed by atoms with E-state index in [4.69, 9.17) is 0 Å². The number of carbonyl (C=O) groups excluding carboxylic acids is 2. The van der Waals surface area contributed by atoms with Gasteiger partial charge in [0.1, 0.15) is 0 Å². The minimum atomic E-state index is -0.379. The van der Waals surface area contributed by atoms with Crippen LogP contribution >= 0.6 is 0 Å². The summed E-state index contributed by atoms with van der Waals surface area (Å²) < 4.78 is 0. The minimum Gasteiger partial charge on any atom is -0.340 e. The molecule has 0 bridgehead atoms. The summed E-state index contributed by atoms with van der Waals surface area (Å²) >= 11 is 0. The number of amides is 2. The van der Waals surface area contributed by atoms with E-state index in [1.807, 2.05) is 4.90 Å². The maximum atomic E-state index is 12.3. The third-order valence-corrected chi connectivity index (χ3v) is 3.97. The Balaban J connectivity index is 1.87. The Morgan fingerprint density at radius 3 is 2.70 bits per heavy atom. The molecule has 0 aromatic rings. The topological polar surface area (TPSA) is 55.9 Å². The number of piperazine rings is 2. The maximum Gasteiger partial charge on any atom is 0.240 e. The molecule has 2 heterocycles. The first-order valence-corrected chi connectivity index (χ1v) is 7.21. The van der Waals surface area contributed by atoms with Crippen molar-refractivity contribution in [3.63, 3.8) is 0 Å². The van der Waals surface area contributed by atoms with E-state index in [2.05, 4.69) is 23.8 Å². The number of hydrogen-bond acceptors (Lipinski definition) is 4. The van der Waals surface area contributed by atoms with Gasteiger partial charge < -0.3 is 20.0 Å². The van der Waals surface area contributed by atoms with E-state index in [1.165, 1.54) is 0 Å². The fourth-order valence-electron chi connectivity index (χ4n) is 2.65. The van der Waals surface area contributed by atoms with E-state index in [-0.39, 0.29) is 24.3 Å². The second kappa shape index (κ2) is 6.85. The molecule has 0 spiro atoms. The molecular weight excluding hydrogens is 256 g/mol. The quantitative estimate of drug-likeness (QED) is 0.681. The first-order valence-electron chi connectivity index (χ1n) is 7.21. The van der Waals surface area contributed by atoms with E-state index in [0.717, 1.165) is 32.7 Å². The predicted octanol–water partition coefficient (Wildman–Crippen LogP) is -0.863. The number of nitrogens with one attached hydrogen (secondary N) is 1. The van der Waals surface area contributed by atoms with Gasteiger partial charge in [0.25, 0.3) is 0 Å². The number of carbonyl (C=O) groups is 2. The van der Waals surface area contributed by atoms with Gasteiger partial charge in [0.05, 0.1) is 12.5 Å². The summed E-state index contributed by atoms with van der Waals surface area (Å²) in [6, 6.07) is -0.379. The van der Waals surface area contributed by atoms with Crippen LogP contribution in [0.3, 0.4) is 0 Å². The normalized spacial score (nSPS) is 24.9. The van der Waals surface area contributed by atoms with Gasteiger partial charge in [-0.3, -0.25) is 9.59 Å². The Labute approximate surface area is 120 Å². The zero-order chi connectivity index (χ0) is 14.5. The highest BCUT2D eigenvalue weighted by Gasteiger charge is 2.31. The van der Waals surface area contributed by atoms with Gasteiger partial charge in [-0.1, -0.05) is 6.08 Å². The first-order chi connectivity index (χ1) is 9.61. The van der Waals surface area contributed by atoms with Gasteiger partial charge in [-0.2, -0.15) is 0 Å². The van der Waals surface area contributed by atoms with Gasteiger partial charge in [-0.25, -0.2) is 0 Å². The van der Waals surface area contributed by atoms with Gasteiger partial charge in [-0.15, -0.1) is 6.58 Å². The standard InChI is InChI=1S/C14H24N4O2/c1-3-5-18-6-4-15-12(14(18)20)11-13(19)17-9-7-16(2)8-10-17/h3,12,15H,1,4-11H2,2H3. The lowest BCUT2D eigenvalue weighted by molar-refractivity contribution is -0.141. The molecule has 6 nitrogen and oxygen atoms in total. The van der Waals surface area contributed by atoms with Crippen molar-refractivity contribution in [3.05, 3.63) is 12.7 Å². The van der Waals surface area contributed by atoms with E-state index in [9.17, 15) is 9.59 Å². The van der Waals surface area contributed by atoms with Crippen LogP contribution in [0.5, 0.6) is 0 Å². The van der Waals surface area contributed by atoms with Crippen LogP contribution in [0.1, 0.15) is 6.42 Å². The van der Waals surface area contributed by atoms with Gasteiger partial charge in [0.15, 0.2) is 0 Å². The van der Waals surface area contributed by atoms with Gasteiger partial charge in [0, 0.05) is 45.8 Å². The van der Waals surface area contributed by atoms with E-state index < -0.39 is 0 Å². The highest BCUT2D eigenvalue weighted by molar-refractivity contribution is 5.89. The Hall–Kier alpha value is -1.40. The smallest absolute Gasteiger partial charge is 0.240 e. The van der Waals surface area contributed by atoms with Crippen LogP contribution in [-0.4, -0.2) is 85.4 Å². The fourth-order valence-corrected chi connectivity index (χ4v) is 2.65. The molecule has 20 heavy (non-hydrogen) atoms. The van der Waals surface area contributed by atoms with Crippen molar-refractivity contribution in [1.82, 2.24) is 20.0 Å². The summed E-state index contributed by atoms with van der Waals surface area (Å²) in [6.07, 6.45) is 1.98. The van der Waals surface area contributed by atoms with Crippen LogP contribution in [0.2, 0.25) is 0 Å². The molecule has 0 aromatic heterocycles. The number of hydrogen-bond donors (Lipinski definition) is 1. The Morgan fingerprint density at radius 2 is 2.05 bits per heavy atom. The Bertz CT molecular complexity index is 377. The molecule has 2 saturated heterocycles. The third-order valence-electron chi connectivity index (χ3n) is 3.97. The lowest BCUT2D eigenvalue weighted by Gasteiger charge is -2.35. The lowest BCUT2D eigenvalue weighted by atomic mass is 10.1. The minimum absolute atomic E-state index is 0.0126. The Kier molecular flexibility index (Phi) is 5.14. The molecule has 1 unspecified atom stereocenters. The van der Waals surface area contributed by atoms with Crippen LogP contribution in [0, 0.1) is 0 Å². The van der Waals surface area contributed by atoms with E-state index in [0.29, 0.717) is 13.1 Å². The monoisotopic (exact) mass is 280 g/mol. The predicted molar refractivity (Wildman–Crippen MR) is 77.3 cm³/mol. The molecule has 6 heteroatoms. The summed E-state index contributed by atoms with van der Waals surface area (Å²) in [4.78, 5) is 30.3. The molecule has 2 amide bonds. The zero-order valence-electron chi connectivity index (χ0n) is 12.2. The second-order valence-electron chi connectivity index (χ2n) is 5.47. The van der Waals surface area contributed by atoms with Crippen molar-refractivity contribution in [2.45, 2.75) is 12.5 Å². The van der Waals surface area contributed by atoms with Crippen molar-refractivity contribution in [3.8, 4) is 0 Å². The second-order valence-corrected chi connectivity index (χ2v) is 5.47. The summed E-state index contributed by atoms with van der Waals surface area (Å²) in [5, 5.41) is 3.15. The SMILES string of the molecule is C=CCN1CCNC(CC(=O)N2CCN(C)CC2)C1=O. The molecule has 2 aliphatic rings. The molecule has 0 aromatic carbocycles. The number of likely N-dealkylation sites (N-methyl/N-ethyl adjacent to an activating group) is 1. The van der Waals surface area contributed by atoms with E-state index in [1.54, 1.807) is 11.0 Å². The molecule has 0 radical (unpaired) electrons. The zero-order valence-corrected chi connectivity index (χ0v) is 12.2. The summed E-state index contributed by atoms with van der Waals surface area (Å²) in [5.74, 6) is 0.0861. The molecule has 1 atom stereocenters. The summed E-state index contributed by atoms with van der Waals surface area (Å²) in [5.41, 5.74) is 0. The van der Waals surface area contributed by atoms with Gasteiger partial charge in [0.2, 0.25) is 11.8 Å². The van der Waals surface area contributed by atoms with Crippen LogP contribution in [-0.2, 0) is 9.59 Å². The highest BCUT2D eigenvalue weighted by atomic mass is 16.2. The molecule has 1 N–H and O–H groups in total. The molecular formula is C14H24N4O2. The summed E-state index contributed by atoms with van der Waals surface area (Å²) in [6.45, 7) is 8.96. The van der Waals surface area contributed by atoms with Crippen molar-refractivity contribution in [1.29, 1.82) is 0 Å². The molecule has 0 aliphatic carbocycles. The third kappa shape index (κ3) is 3.58. The van der Waals surface area contributed by atoms with Gasteiger partial charge >= 0.3 is 0 Å². The molecule has 2 fully saturated rings. The van der Waals surface area contributed by atoms with Crippen molar-refractivity contribution >= 4 is 11.8 Å². The van der Waals surface area contributed by atoms with Crippen LogP contribution in [0.15, 0.2) is 12.7 Å². The molecule has 0 saturated carbocycles. The summed E-state index contributed by atoms with van der Waals surface area (Å²) in [7, 11) is 2.06. The number of rotatable bonds is 4. The molecule has 112 valence electrons. The average molecular weight is 280 g/mol. The van der Waals surface area contributed by atoms with Crippen molar-refractivity contribution in [2.75, 3.05) is 52.9 Å². The molecule has 2 rings (SSSR count). The van der Waals surface area contributed by atoms with Crippen LogP contribution in [0.4, 0.5) is 0 Å². The molecule has 2 aliphatic heterocycles.